The van der Waals surface area contributed by atoms with Crippen molar-refractivity contribution in [3.63, 3.8) is 0 Å². The summed E-state index contributed by atoms with van der Waals surface area (Å²) in [6, 6.07) is 2.14. The highest BCUT2D eigenvalue weighted by atomic mass is 79.9. The number of nitrogen functional groups attached to an aromatic ring is 1. The number of nitrogens with zero attached hydrogens (tertiary/aromatic N) is 2. The zero-order valence-electron chi connectivity index (χ0n) is 10.4. The minimum atomic E-state index is -3.96. The lowest BCUT2D eigenvalue weighted by Gasteiger charge is -2.17. The average Bonchev–Trinajstić information content (AvgIpc) is 2.86. The van der Waals surface area contributed by atoms with Crippen LogP contribution in [0.25, 0.3) is 0 Å². The van der Waals surface area contributed by atoms with Crippen molar-refractivity contribution in [3.05, 3.63) is 39.0 Å². The Balaban J connectivity index is 2.37. The number of halogens is 2. The minimum absolute atomic E-state index is 0.0707. The van der Waals surface area contributed by atoms with Gasteiger partial charge in [0.1, 0.15) is 10.7 Å². The summed E-state index contributed by atoms with van der Waals surface area (Å²) in [7, 11) is -2.60. The Hall–Kier alpha value is -1.03. The van der Waals surface area contributed by atoms with E-state index in [9.17, 15) is 12.8 Å². The van der Waals surface area contributed by atoms with E-state index in [1.54, 1.807) is 10.9 Å². The van der Waals surface area contributed by atoms with Crippen molar-refractivity contribution in [1.29, 1.82) is 0 Å². The van der Waals surface area contributed by atoms with E-state index in [1.165, 1.54) is 18.4 Å². The van der Waals surface area contributed by atoms with Crippen LogP contribution in [-0.2, 0) is 16.6 Å². The predicted octanol–water partition coefficient (Wildman–Crippen LogP) is 2.45. The van der Waals surface area contributed by atoms with E-state index in [0.717, 1.165) is 16.4 Å². The topological polar surface area (TPSA) is 76.3 Å². The molecule has 1 aromatic carbocycles. The van der Waals surface area contributed by atoms with Gasteiger partial charge in [-0.3, -0.25) is 0 Å². The van der Waals surface area contributed by atoms with Gasteiger partial charge in [0.15, 0.2) is 0 Å². The quantitative estimate of drug-likeness (QED) is 0.827. The molecule has 0 bridgehead atoms. The lowest BCUT2D eigenvalue weighted by Crippen LogP contribution is -2.27. The summed E-state index contributed by atoms with van der Waals surface area (Å²) in [5.41, 5.74) is 7.98. The van der Waals surface area contributed by atoms with Crippen molar-refractivity contribution < 1.29 is 12.8 Å². The first kappa shape index (κ1) is 15.4. The SMILES string of the molecule is CN(Cc1cscn1)S(=O)(=O)c1cc(N)c(Br)cc1F. The number of thiazole rings is 1. The Morgan fingerprint density at radius 2 is 2.20 bits per heavy atom. The van der Waals surface area contributed by atoms with Crippen LogP contribution in [0.4, 0.5) is 10.1 Å². The van der Waals surface area contributed by atoms with Crippen LogP contribution < -0.4 is 5.73 Å². The first-order valence-electron chi connectivity index (χ1n) is 5.40. The number of rotatable bonds is 4. The smallest absolute Gasteiger partial charge is 0.246 e. The number of benzene rings is 1. The van der Waals surface area contributed by atoms with Gasteiger partial charge in [-0.25, -0.2) is 17.8 Å². The Labute approximate surface area is 128 Å². The lowest BCUT2D eigenvalue weighted by atomic mass is 10.3. The molecule has 2 aromatic rings. The Bertz CT molecular complexity index is 720. The highest BCUT2D eigenvalue weighted by Gasteiger charge is 2.26. The molecule has 9 heteroatoms. The molecule has 2 N–H and O–H groups in total. The molecule has 0 fully saturated rings. The van der Waals surface area contributed by atoms with Crippen molar-refractivity contribution in [2.75, 3.05) is 12.8 Å². The molecule has 20 heavy (non-hydrogen) atoms. The summed E-state index contributed by atoms with van der Waals surface area (Å²) in [5.74, 6) is -0.851. The largest absolute Gasteiger partial charge is 0.398 e. The maximum atomic E-state index is 13.9. The van der Waals surface area contributed by atoms with Crippen LogP contribution in [0.1, 0.15) is 5.69 Å². The van der Waals surface area contributed by atoms with Gasteiger partial charge in [-0.1, -0.05) is 0 Å². The Morgan fingerprint density at radius 1 is 1.50 bits per heavy atom. The summed E-state index contributed by atoms with van der Waals surface area (Å²) in [4.78, 5) is 3.56. The van der Waals surface area contributed by atoms with E-state index in [0.29, 0.717) is 10.2 Å². The number of aromatic nitrogens is 1. The van der Waals surface area contributed by atoms with E-state index in [4.69, 9.17) is 5.73 Å². The number of nitrogens with two attached hydrogens (primary N) is 1. The lowest BCUT2D eigenvalue weighted by molar-refractivity contribution is 0.456. The number of hydrogen-bond acceptors (Lipinski definition) is 5. The highest BCUT2D eigenvalue weighted by Crippen LogP contribution is 2.28. The zero-order chi connectivity index (χ0) is 14.9. The van der Waals surface area contributed by atoms with Gasteiger partial charge in [-0.05, 0) is 28.1 Å². The molecule has 0 aliphatic rings. The van der Waals surface area contributed by atoms with Gasteiger partial charge in [0.05, 0.1) is 17.7 Å². The number of anilines is 1. The summed E-state index contributed by atoms with van der Waals surface area (Å²) < 4.78 is 39.9. The van der Waals surface area contributed by atoms with Gasteiger partial charge >= 0.3 is 0 Å². The third-order valence-electron chi connectivity index (χ3n) is 2.61. The van der Waals surface area contributed by atoms with Crippen molar-refractivity contribution in [1.82, 2.24) is 9.29 Å². The van der Waals surface area contributed by atoms with Gasteiger partial charge in [0.2, 0.25) is 10.0 Å². The van der Waals surface area contributed by atoms with Gasteiger partial charge < -0.3 is 5.73 Å². The molecule has 0 aliphatic carbocycles. The third kappa shape index (κ3) is 3.00. The molecular weight excluding hydrogens is 369 g/mol. The van der Waals surface area contributed by atoms with Crippen LogP contribution in [-0.4, -0.2) is 24.8 Å². The fraction of sp³-hybridized carbons (Fsp3) is 0.182. The molecule has 108 valence electrons. The van der Waals surface area contributed by atoms with E-state index >= 15 is 0 Å². The number of hydrogen-bond donors (Lipinski definition) is 1. The van der Waals surface area contributed by atoms with Crippen LogP contribution in [0.5, 0.6) is 0 Å². The molecule has 0 aliphatic heterocycles. The van der Waals surface area contributed by atoms with E-state index in [-0.39, 0.29) is 12.2 Å². The molecule has 0 amide bonds. The molecule has 0 unspecified atom stereocenters. The molecule has 2 rings (SSSR count). The average molecular weight is 380 g/mol. The van der Waals surface area contributed by atoms with Crippen molar-refractivity contribution in [3.8, 4) is 0 Å². The second kappa shape index (κ2) is 5.76. The van der Waals surface area contributed by atoms with Crippen LogP contribution in [0.15, 0.2) is 32.4 Å². The van der Waals surface area contributed by atoms with Crippen molar-refractivity contribution >= 4 is 43.0 Å². The van der Waals surface area contributed by atoms with Crippen LogP contribution >= 0.6 is 27.3 Å². The molecule has 5 nitrogen and oxygen atoms in total. The molecule has 0 saturated carbocycles. The zero-order valence-corrected chi connectivity index (χ0v) is 13.6. The molecule has 0 spiro atoms. The first-order chi connectivity index (χ1) is 9.32. The fourth-order valence-corrected chi connectivity index (χ4v) is 3.62. The molecular formula is C11H11BrFN3O2S2. The van der Waals surface area contributed by atoms with Crippen LogP contribution in [0, 0.1) is 5.82 Å². The van der Waals surface area contributed by atoms with Crippen molar-refractivity contribution in [2.24, 2.45) is 0 Å². The summed E-state index contributed by atoms with van der Waals surface area (Å²) in [6.07, 6.45) is 0. The summed E-state index contributed by atoms with van der Waals surface area (Å²) >= 11 is 4.41. The van der Waals surface area contributed by atoms with Gasteiger partial charge in [-0.15, -0.1) is 11.3 Å². The fourth-order valence-electron chi connectivity index (χ4n) is 1.54. The Morgan fingerprint density at radius 3 is 2.80 bits per heavy atom. The standard InChI is InChI=1S/C11H11BrFN3O2S2/c1-16(4-7-5-19-6-15-7)20(17,18)11-3-10(14)8(12)2-9(11)13/h2-3,5-6H,4,14H2,1H3. The minimum Gasteiger partial charge on any atom is -0.398 e. The molecule has 0 radical (unpaired) electrons. The van der Waals surface area contributed by atoms with E-state index in [2.05, 4.69) is 20.9 Å². The molecule has 1 aromatic heterocycles. The second-order valence-corrected chi connectivity index (χ2v) is 7.63. The van der Waals surface area contributed by atoms with E-state index < -0.39 is 20.7 Å². The molecule has 0 saturated heterocycles. The molecule has 1 heterocycles. The van der Waals surface area contributed by atoms with Gasteiger partial charge in [-0.2, -0.15) is 4.31 Å². The van der Waals surface area contributed by atoms with Gasteiger partial charge in [0, 0.05) is 22.6 Å². The van der Waals surface area contributed by atoms with Gasteiger partial charge in [0.25, 0.3) is 0 Å². The summed E-state index contributed by atoms with van der Waals surface area (Å²) in [5, 5.41) is 1.73. The summed E-state index contributed by atoms with van der Waals surface area (Å²) in [6.45, 7) is 0.0707. The second-order valence-electron chi connectivity index (χ2n) is 4.05. The van der Waals surface area contributed by atoms with Crippen LogP contribution in [0.3, 0.4) is 0 Å². The highest BCUT2D eigenvalue weighted by molar-refractivity contribution is 9.10. The maximum Gasteiger partial charge on any atom is 0.246 e. The first-order valence-corrected chi connectivity index (χ1v) is 8.58. The monoisotopic (exact) mass is 379 g/mol. The van der Waals surface area contributed by atoms with Crippen molar-refractivity contribution in [2.45, 2.75) is 11.4 Å². The van der Waals surface area contributed by atoms with Crippen LogP contribution in [0.2, 0.25) is 0 Å². The predicted molar refractivity (Wildman–Crippen MR) is 79.3 cm³/mol. The van der Waals surface area contributed by atoms with E-state index in [1.807, 2.05) is 0 Å². The molecule has 0 atom stereocenters. The third-order valence-corrected chi connectivity index (χ3v) is 5.75. The normalized spacial score (nSPS) is 12.0. The number of sulfonamides is 1. The Kier molecular flexibility index (Phi) is 4.43. The maximum absolute atomic E-state index is 13.9.